The summed E-state index contributed by atoms with van der Waals surface area (Å²) >= 11 is 0. The van der Waals surface area contributed by atoms with Gasteiger partial charge in [0.2, 0.25) is 0 Å². The number of halogens is 1. The lowest BCUT2D eigenvalue weighted by molar-refractivity contribution is 0.0962. The highest BCUT2D eigenvalue weighted by molar-refractivity contribution is 5.35. The van der Waals surface area contributed by atoms with E-state index in [1.54, 1.807) is 6.07 Å². The largest absolute Gasteiger partial charge is 0.508 e. The van der Waals surface area contributed by atoms with Crippen molar-refractivity contribution in [2.45, 2.75) is 50.5 Å². The third-order valence-corrected chi connectivity index (χ3v) is 4.03. The minimum Gasteiger partial charge on any atom is -0.508 e. The first-order valence-electron chi connectivity index (χ1n) is 6.53. The lowest BCUT2D eigenvalue weighted by atomic mass is 9.94. The van der Waals surface area contributed by atoms with Crippen molar-refractivity contribution in [3.05, 3.63) is 29.6 Å². The number of nitrogens with one attached hydrogen (secondary N) is 1. The molecule has 3 rings (SSSR count). The molecular weight excluding hydrogens is 233 g/mol. The van der Waals surface area contributed by atoms with Gasteiger partial charge in [0.15, 0.2) is 0 Å². The van der Waals surface area contributed by atoms with Crippen LogP contribution in [0.25, 0.3) is 0 Å². The Morgan fingerprint density at radius 3 is 2.89 bits per heavy atom. The van der Waals surface area contributed by atoms with Crippen LogP contribution in [0.4, 0.5) is 4.39 Å². The third kappa shape index (κ3) is 2.10. The molecule has 4 atom stereocenters. The molecule has 98 valence electrons. The molecule has 2 heterocycles. The molecule has 2 fully saturated rings. The minimum absolute atomic E-state index is 0.00134. The van der Waals surface area contributed by atoms with Crippen LogP contribution in [0.15, 0.2) is 18.2 Å². The smallest absolute Gasteiger partial charge is 0.126 e. The van der Waals surface area contributed by atoms with Gasteiger partial charge in [-0.25, -0.2) is 4.39 Å². The highest BCUT2D eigenvalue weighted by Gasteiger charge is 2.41. The Labute approximate surface area is 106 Å². The van der Waals surface area contributed by atoms with Crippen molar-refractivity contribution in [1.29, 1.82) is 0 Å². The van der Waals surface area contributed by atoms with Crippen LogP contribution in [0, 0.1) is 5.82 Å². The summed E-state index contributed by atoms with van der Waals surface area (Å²) in [6.07, 6.45) is 4.03. The molecule has 18 heavy (non-hydrogen) atoms. The van der Waals surface area contributed by atoms with E-state index in [9.17, 15) is 9.50 Å². The summed E-state index contributed by atoms with van der Waals surface area (Å²) < 4.78 is 18.7. The Morgan fingerprint density at radius 1 is 1.44 bits per heavy atom. The molecule has 1 aromatic rings. The summed E-state index contributed by atoms with van der Waals surface area (Å²) in [7, 11) is 0. The zero-order valence-corrected chi connectivity index (χ0v) is 10.4. The molecule has 4 unspecified atom stereocenters. The molecule has 0 spiro atoms. The summed E-state index contributed by atoms with van der Waals surface area (Å²) in [5.74, 6) is -0.397. The summed E-state index contributed by atoms with van der Waals surface area (Å²) in [5, 5.41) is 13.2. The van der Waals surface area contributed by atoms with Gasteiger partial charge in [-0.15, -0.1) is 0 Å². The Morgan fingerprint density at radius 2 is 2.28 bits per heavy atom. The first kappa shape index (κ1) is 11.9. The topological polar surface area (TPSA) is 41.5 Å². The van der Waals surface area contributed by atoms with E-state index in [1.807, 2.05) is 6.92 Å². The van der Waals surface area contributed by atoms with Gasteiger partial charge in [0.25, 0.3) is 0 Å². The molecule has 2 bridgehead atoms. The summed E-state index contributed by atoms with van der Waals surface area (Å²) in [5.41, 5.74) is 0.735. The van der Waals surface area contributed by atoms with E-state index in [0.29, 0.717) is 18.2 Å². The average molecular weight is 251 g/mol. The fourth-order valence-electron chi connectivity index (χ4n) is 3.11. The molecule has 0 radical (unpaired) electrons. The van der Waals surface area contributed by atoms with E-state index in [1.165, 1.54) is 12.5 Å². The van der Waals surface area contributed by atoms with E-state index in [2.05, 4.69) is 5.32 Å². The maximum Gasteiger partial charge on any atom is 0.126 e. The highest BCUT2D eigenvalue weighted by Crippen LogP contribution is 2.36. The van der Waals surface area contributed by atoms with Crippen LogP contribution in [-0.2, 0) is 4.74 Å². The number of hydrogen-bond donors (Lipinski definition) is 2. The molecule has 3 nitrogen and oxygen atoms in total. The monoisotopic (exact) mass is 251 g/mol. The second-order valence-electron chi connectivity index (χ2n) is 5.31. The predicted octanol–water partition coefficient (Wildman–Crippen LogP) is 2.50. The molecule has 0 amide bonds. The van der Waals surface area contributed by atoms with Crippen LogP contribution in [-0.4, -0.2) is 23.4 Å². The first-order valence-corrected chi connectivity index (χ1v) is 6.53. The number of aromatic hydroxyl groups is 1. The molecular formula is C14H18FNO2. The van der Waals surface area contributed by atoms with Crippen molar-refractivity contribution in [3.63, 3.8) is 0 Å². The molecule has 0 aromatic heterocycles. The van der Waals surface area contributed by atoms with Crippen molar-refractivity contribution in [1.82, 2.24) is 5.32 Å². The SMILES string of the molecule is CC(NC1CC2CCC1O2)c1ccc(F)cc1O. The van der Waals surface area contributed by atoms with Gasteiger partial charge in [-0.1, -0.05) is 6.07 Å². The van der Waals surface area contributed by atoms with E-state index in [4.69, 9.17) is 4.74 Å². The van der Waals surface area contributed by atoms with Crippen molar-refractivity contribution in [2.75, 3.05) is 0 Å². The fraction of sp³-hybridized carbons (Fsp3) is 0.571. The average Bonchev–Trinajstić information content (AvgIpc) is 2.90. The zero-order chi connectivity index (χ0) is 12.7. The minimum atomic E-state index is -0.410. The van der Waals surface area contributed by atoms with E-state index >= 15 is 0 Å². The quantitative estimate of drug-likeness (QED) is 0.867. The number of benzene rings is 1. The maximum absolute atomic E-state index is 12.9. The Bertz CT molecular complexity index is 451. The van der Waals surface area contributed by atoms with Gasteiger partial charge in [0.05, 0.1) is 12.2 Å². The van der Waals surface area contributed by atoms with Crippen molar-refractivity contribution in [3.8, 4) is 5.75 Å². The summed E-state index contributed by atoms with van der Waals surface area (Å²) in [6.45, 7) is 1.99. The molecule has 1 aromatic carbocycles. The molecule has 0 aliphatic carbocycles. The second-order valence-corrected chi connectivity index (χ2v) is 5.31. The van der Waals surface area contributed by atoms with Crippen LogP contribution < -0.4 is 5.32 Å². The standard InChI is InChI=1S/C14H18FNO2/c1-8(11-4-2-9(15)6-13(11)17)16-12-7-10-3-5-14(12)18-10/h2,4,6,8,10,12,14,16-17H,3,5,7H2,1H3. The maximum atomic E-state index is 12.9. The number of phenols is 1. The van der Waals surface area contributed by atoms with Crippen LogP contribution in [0.5, 0.6) is 5.75 Å². The molecule has 2 aliphatic heterocycles. The second kappa shape index (κ2) is 4.52. The number of phenolic OH excluding ortho intramolecular Hbond substituents is 1. The lowest BCUT2D eigenvalue weighted by Crippen LogP contribution is -2.39. The van der Waals surface area contributed by atoms with Crippen LogP contribution in [0.2, 0.25) is 0 Å². The molecule has 2 saturated heterocycles. The van der Waals surface area contributed by atoms with Gasteiger partial charge in [0, 0.05) is 23.7 Å². The van der Waals surface area contributed by atoms with Gasteiger partial charge in [0.1, 0.15) is 11.6 Å². The highest BCUT2D eigenvalue weighted by atomic mass is 19.1. The number of ether oxygens (including phenoxy) is 1. The predicted molar refractivity (Wildman–Crippen MR) is 65.9 cm³/mol. The molecule has 2 aliphatic rings. The molecule has 4 heteroatoms. The van der Waals surface area contributed by atoms with Gasteiger partial charge in [-0.05, 0) is 32.3 Å². The molecule has 0 saturated carbocycles. The van der Waals surface area contributed by atoms with Crippen molar-refractivity contribution in [2.24, 2.45) is 0 Å². The van der Waals surface area contributed by atoms with Gasteiger partial charge in [-0.2, -0.15) is 0 Å². The van der Waals surface area contributed by atoms with Gasteiger partial charge in [-0.3, -0.25) is 0 Å². The summed E-state index contributed by atoms with van der Waals surface area (Å²) in [6, 6.07) is 4.52. The van der Waals surface area contributed by atoms with Crippen LogP contribution in [0.3, 0.4) is 0 Å². The normalized spacial score (nSPS) is 31.8. The Balaban J connectivity index is 1.69. The molecule has 2 N–H and O–H groups in total. The Kier molecular flexibility index (Phi) is 2.99. The van der Waals surface area contributed by atoms with E-state index in [0.717, 1.165) is 24.5 Å². The van der Waals surface area contributed by atoms with Crippen molar-refractivity contribution < 1.29 is 14.2 Å². The van der Waals surface area contributed by atoms with Gasteiger partial charge >= 0.3 is 0 Å². The third-order valence-electron chi connectivity index (χ3n) is 4.03. The lowest BCUT2D eigenvalue weighted by Gasteiger charge is -2.25. The summed E-state index contributed by atoms with van der Waals surface area (Å²) in [4.78, 5) is 0. The number of rotatable bonds is 3. The fourth-order valence-corrected chi connectivity index (χ4v) is 3.11. The van der Waals surface area contributed by atoms with E-state index in [-0.39, 0.29) is 11.8 Å². The number of fused-ring (bicyclic) bond motifs is 2. The zero-order valence-electron chi connectivity index (χ0n) is 10.4. The van der Waals surface area contributed by atoms with Crippen LogP contribution in [0.1, 0.15) is 37.8 Å². The number of hydrogen-bond acceptors (Lipinski definition) is 3. The van der Waals surface area contributed by atoms with E-state index < -0.39 is 5.82 Å². The van der Waals surface area contributed by atoms with Crippen molar-refractivity contribution >= 4 is 0 Å². The van der Waals surface area contributed by atoms with Gasteiger partial charge < -0.3 is 15.2 Å². The Hall–Kier alpha value is -1.13. The van der Waals surface area contributed by atoms with Crippen LogP contribution >= 0.6 is 0 Å². The first-order chi connectivity index (χ1) is 8.63.